The van der Waals surface area contributed by atoms with Gasteiger partial charge in [-0.3, -0.25) is 4.90 Å². The topological polar surface area (TPSA) is 23.5 Å². The largest absolute Gasteiger partial charge is 0.386 e. The molecule has 0 fully saturated rings. The standard InChI is InChI=1S/C36H29NO/c38-36(28-15-5-2-6-16-28)35(27-13-3-1-4-14-27)37-23-29-21-19-25-11-7-9-17-31(25)33(29)34-30(24-37)22-20-26-12-8-10-18-32(26)34/h1-22,35-36,38H,23-24H2/t35-,36+/m0/s1. The summed E-state index contributed by atoms with van der Waals surface area (Å²) in [5, 5.41) is 16.9. The first-order valence-electron chi connectivity index (χ1n) is 13.3. The number of aliphatic hydroxyl groups is 1. The van der Waals surface area contributed by atoms with E-state index in [-0.39, 0.29) is 6.04 Å². The van der Waals surface area contributed by atoms with Crippen LogP contribution in [-0.2, 0) is 13.1 Å². The van der Waals surface area contributed by atoms with Crippen molar-refractivity contribution in [3.63, 3.8) is 0 Å². The summed E-state index contributed by atoms with van der Waals surface area (Å²) in [5.41, 5.74) is 7.27. The maximum Gasteiger partial charge on any atom is 0.0987 e. The van der Waals surface area contributed by atoms with E-state index >= 15 is 0 Å². The van der Waals surface area contributed by atoms with Gasteiger partial charge in [-0.2, -0.15) is 0 Å². The molecule has 0 aliphatic carbocycles. The zero-order valence-electron chi connectivity index (χ0n) is 21.2. The van der Waals surface area contributed by atoms with Crippen LogP contribution in [-0.4, -0.2) is 10.0 Å². The lowest BCUT2D eigenvalue weighted by atomic mass is 9.88. The molecule has 1 aliphatic rings. The third-order valence-electron chi connectivity index (χ3n) is 8.00. The van der Waals surface area contributed by atoms with Crippen LogP contribution in [0.4, 0.5) is 0 Å². The lowest BCUT2D eigenvalue weighted by Gasteiger charge is -2.35. The summed E-state index contributed by atoms with van der Waals surface area (Å²) in [6.45, 7) is 1.49. The van der Waals surface area contributed by atoms with Gasteiger partial charge in [0.1, 0.15) is 0 Å². The Bertz CT molecular complexity index is 1660. The molecule has 6 aromatic rings. The smallest absolute Gasteiger partial charge is 0.0987 e. The third-order valence-corrected chi connectivity index (χ3v) is 8.00. The van der Waals surface area contributed by atoms with Crippen LogP contribution in [0, 0.1) is 0 Å². The monoisotopic (exact) mass is 491 g/mol. The number of hydrogen-bond donors (Lipinski definition) is 1. The van der Waals surface area contributed by atoms with Crippen LogP contribution in [0.2, 0.25) is 0 Å². The normalized spacial score (nSPS) is 15.0. The molecule has 2 heteroatoms. The van der Waals surface area contributed by atoms with Crippen LogP contribution in [0.5, 0.6) is 0 Å². The molecule has 0 spiro atoms. The minimum atomic E-state index is -0.662. The number of rotatable bonds is 4. The maximum absolute atomic E-state index is 11.9. The summed E-state index contributed by atoms with van der Waals surface area (Å²) < 4.78 is 0. The van der Waals surface area contributed by atoms with E-state index in [0.717, 1.165) is 24.2 Å². The average molecular weight is 492 g/mol. The molecule has 0 bridgehead atoms. The van der Waals surface area contributed by atoms with E-state index < -0.39 is 6.10 Å². The third kappa shape index (κ3) is 3.90. The van der Waals surface area contributed by atoms with Crippen molar-refractivity contribution in [1.82, 2.24) is 4.90 Å². The quantitative estimate of drug-likeness (QED) is 0.267. The Balaban J connectivity index is 1.48. The van der Waals surface area contributed by atoms with E-state index in [4.69, 9.17) is 0 Å². The van der Waals surface area contributed by atoms with E-state index in [9.17, 15) is 5.11 Å². The highest BCUT2D eigenvalue weighted by Crippen LogP contribution is 2.45. The Labute approximate surface area is 223 Å². The van der Waals surface area contributed by atoms with Crippen molar-refractivity contribution in [3.05, 3.63) is 156 Å². The van der Waals surface area contributed by atoms with Crippen LogP contribution in [0.15, 0.2) is 133 Å². The van der Waals surface area contributed by atoms with Crippen LogP contribution in [0.25, 0.3) is 32.7 Å². The predicted octanol–water partition coefficient (Wildman–Crippen LogP) is 8.45. The highest BCUT2D eigenvalue weighted by Gasteiger charge is 2.32. The van der Waals surface area contributed by atoms with E-state index in [2.05, 4.69) is 102 Å². The molecule has 38 heavy (non-hydrogen) atoms. The molecule has 0 unspecified atom stereocenters. The number of aliphatic hydroxyl groups excluding tert-OH is 1. The maximum atomic E-state index is 11.9. The van der Waals surface area contributed by atoms with Crippen LogP contribution < -0.4 is 0 Å². The Morgan fingerprint density at radius 3 is 1.45 bits per heavy atom. The van der Waals surface area contributed by atoms with Crippen LogP contribution in [0.1, 0.15) is 34.4 Å². The highest BCUT2D eigenvalue weighted by molar-refractivity contribution is 6.08. The minimum absolute atomic E-state index is 0.199. The van der Waals surface area contributed by atoms with Gasteiger partial charge in [0.15, 0.2) is 0 Å². The lowest BCUT2D eigenvalue weighted by molar-refractivity contribution is 0.0379. The van der Waals surface area contributed by atoms with Crippen molar-refractivity contribution in [3.8, 4) is 11.1 Å². The number of hydrogen-bond acceptors (Lipinski definition) is 2. The molecule has 0 saturated heterocycles. The van der Waals surface area contributed by atoms with Gasteiger partial charge in [0.2, 0.25) is 0 Å². The fourth-order valence-electron chi connectivity index (χ4n) is 6.25. The first-order chi connectivity index (χ1) is 18.8. The molecule has 1 heterocycles. The van der Waals surface area contributed by atoms with Gasteiger partial charge in [0.05, 0.1) is 12.1 Å². The van der Waals surface area contributed by atoms with Gasteiger partial charge in [0, 0.05) is 13.1 Å². The van der Waals surface area contributed by atoms with Crippen molar-refractivity contribution >= 4 is 21.5 Å². The summed E-state index contributed by atoms with van der Waals surface area (Å²) in [6.07, 6.45) is -0.662. The number of nitrogens with zero attached hydrogens (tertiary/aromatic N) is 1. The van der Waals surface area contributed by atoms with Crippen molar-refractivity contribution < 1.29 is 5.11 Å². The lowest BCUT2D eigenvalue weighted by Crippen LogP contribution is -2.32. The molecule has 1 aliphatic heterocycles. The zero-order valence-corrected chi connectivity index (χ0v) is 21.2. The molecule has 1 N–H and O–H groups in total. The Morgan fingerprint density at radius 2 is 0.921 bits per heavy atom. The molecule has 0 amide bonds. The summed E-state index contributed by atoms with van der Waals surface area (Å²) in [4.78, 5) is 2.46. The molecule has 0 radical (unpaired) electrons. The number of benzene rings is 6. The zero-order chi connectivity index (χ0) is 25.5. The van der Waals surface area contributed by atoms with Crippen molar-refractivity contribution in [2.24, 2.45) is 0 Å². The first kappa shape index (κ1) is 22.9. The van der Waals surface area contributed by atoms with E-state index in [0.29, 0.717) is 0 Å². The first-order valence-corrected chi connectivity index (χ1v) is 13.3. The van der Waals surface area contributed by atoms with Crippen LogP contribution in [0.3, 0.4) is 0 Å². The molecule has 2 nitrogen and oxygen atoms in total. The second-order valence-electron chi connectivity index (χ2n) is 10.3. The summed E-state index contributed by atoms with van der Waals surface area (Å²) in [5.74, 6) is 0. The molecular weight excluding hydrogens is 462 g/mol. The fraction of sp³-hybridized carbons (Fsp3) is 0.111. The van der Waals surface area contributed by atoms with Gasteiger partial charge < -0.3 is 5.11 Å². The molecule has 2 atom stereocenters. The summed E-state index contributed by atoms with van der Waals surface area (Å²) in [7, 11) is 0. The SMILES string of the molecule is O[C@H](c1ccccc1)[C@H](c1ccccc1)N1Cc2ccc3ccccc3c2-c2c(ccc3ccccc23)C1. The second-order valence-corrected chi connectivity index (χ2v) is 10.3. The molecule has 0 aromatic heterocycles. The summed E-state index contributed by atoms with van der Waals surface area (Å²) in [6, 6.07) is 46.8. The van der Waals surface area contributed by atoms with Crippen LogP contribution >= 0.6 is 0 Å². The Morgan fingerprint density at radius 1 is 0.474 bits per heavy atom. The van der Waals surface area contributed by atoms with Gasteiger partial charge in [-0.25, -0.2) is 0 Å². The Hall–Kier alpha value is -4.24. The van der Waals surface area contributed by atoms with Gasteiger partial charge in [0.25, 0.3) is 0 Å². The molecule has 7 rings (SSSR count). The second kappa shape index (κ2) is 9.57. The predicted molar refractivity (Wildman–Crippen MR) is 157 cm³/mol. The van der Waals surface area contributed by atoms with E-state index in [1.54, 1.807) is 0 Å². The van der Waals surface area contributed by atoms with Gasteiger partial charge in [-0.15, -0.1) is 0 Å². The Kier molecular flexibility index (Phi) is 5.77. The molecule has 0 saturated carbocycles. The number of fused-ring (bicyclic) bond motifs is 7. The van der Waals surface area contributed by atoms with Gasteiger partial charge >= 0.3 is 0 Å². The fourth-order valence-corrected chi connectivity index (χ4v) is 6.25. The van der Waals surface area contributed by atoms with E-state index in [1.807, 2.05) is 36.4 Å². The van der Waals surface area contributed by atoms with Crippen molar-refractivity contribution in [1.29, 1.82) is 0 Å². The summed E-state index contributed by atoms with van der Waals surface area (Å²) >= 11 is 0. The highest BCUT2D eigenvalue weighted by atomic mass is 16.3. The van der Waals surface area contributed by atoms with Gasteiger partial charge in [-0.05, 0) is 54.9 Å². The van der Waals surface area contributed by atoms with Crippen molar-refractivity contribution in [2.45, 2.75) is 25.2 Å². The molecular formula is C36H29NO. The molecule has 6 aromatic carbocycles. The minimum Gasteiger partial charge on any atom is -0.386 e. The van der Waals surface area contributed by atoms with E-state index in [1.165, 1.54) is 43.8 Å². The van der Waals surface area contributed by atoms with Gasteiger partial charge in [-0.1, -0.05) is 133 Å². The van der Waals surface area contributed by atoms with Crippen molar-refractivity contribution in [2.75, 3.05) is 0 Å². The average Bonchev–Trinajstić information content (AvgIpc) is 3.15. The molecule has 184 valence electrons.